The molecule has 0 saturated carbocycles. The fourth-order valence-corrected chi connectivity index (χ4v) is 4.36. The van der Waals surface area contributed by atoms with Gasteiger partial charge in [0, 0.05) is 29.1 Å². The molecule has 1 aliphatic heterocycles. The number of amides is 2. The van der Waals surface area contributed by atoms with E-state index in [4.69, 9.17) is 0 Å². The van der Waals surface area contributed by atoms with Crippen molar-refractivity contribution in [3.05, 3.63) is 129 Å². The largest absolute Gasteiger partial charge is 0.316 e. The molecular formula is C27H19N3O5. The normalized spacial score (nSPS) is 12.7. The molecule has 0 fully saturated rings. The van der Waals surface area contributed by atoms with E-state index in [0.717, 1.165) is 5.69 Å². The van der Waals surface area contributed by atoms with Gasteiger partial charge in [0.15, 0.2) is 5.78 Å². The molecule has 35 heavy (non-hydrogen) atoms. The molecule has 8 nitrogen and oxygen atoms in total. The van der Waals surface area contributed by atoms with Crippen molar-refractivity contribution >= 4 is 23.3 Å². The highest BCUT2D eigenvalue weighted by Crippen LogP contribution is 2.29. The molecule has 0 saturated heterocycles. The lowest BCUT2D eigenvalue weighted by molar-refractivity contribution is -0.384. The van der Waals surface area contributed by atoms with E-state index in [1.807, 2.05) is 13.0 Å². The van der Waals surface area contributed by atoms with E-state index in [1.165, 1.54) is 23.1 Å². The molecule has 5 rings (SSSR count). The molecule has 4 aromatic rings. The Morgan fingerprint density at radius 3 is 2.11 bits per heavy atom. The van der Waals surface area contributed by atoms with Gasteiger partial charge in [0.25, 0.3) is 17.5 Å². The first-order valence-electron chi connectivity index (χ1n) is 10.9. The summed E-state index contributed by atoms with van der Waals surface area (Å²) in [7, 11) is 0. The molecule has 172 valence electrons. The molecule has 2 heterocycles. The highest BCUT2D eigenvalue weighted by molar-refractivity contribution is 6.21. The Bertz CT molecular complexity index is 1490. The van der Waals surface area contributed by atoms with E-state index < -0.39 is 4.92 Å². The summed E-state index contributed by atoms with van der Waals surface area (Å²) >= 11 is 0. The molecule has 0 unspecified atom stereocenters. The molecule has 0 N–H and O–H groups in total. The third-order valence-corrected chi connectivity index (χ3v) is 6.07. The number of hydrogen-bond donors (Lipinski definition) is 0. The number of imide groups is 1. The maximum absolute atomic E-state index is 13.4. The van der Waals surface area contributed by atoms with Gasteiger partial charge in [-0.1, -0.05) is 42.5 Å². The average Bonchev–Trinajstić information content (AvgIpc) is 3.36. The Kier molecular flexibility index (Phi) is 5.33. The molecular weight excluding hydrogens is 446 g/mol. The SMILES string of the molecule is Cc1ccc(CN2C(=O)c3ccccc3C2=O)n1-c1ccc([N+](=O)[O-])cc1C(=O)c1ccccc1. The van der Waals surface area contributed by atoms with Crippen LogP contribution in [0.5, 0.6) is 0 Å². The fraction of sp³-hybridized carbons (Fsp3) is 0.0741. The standard InChI is InChI=1S/C27H19N3O5/c1-17-11-12-20(16-28-26(32)21-9-5-6-10-22(21)27(28)33)29(17)24-14-13-19(30(34)35)15-23(24)25(31)18-7-3-2-4-8-18/h2-15H,16H2,1H3. The molecule has 1 aliphatic rings. The van der Waals surface area contributed by atoms with Crippen molar-refractivity contribution in [2.24, 2.45) is 0 Å². The monoisotopic (exact) mass is 465 g/mol. The van der Waals surface area contributed by atoms with Crippen molar-refractivity contribution in [1.82, 2.24) is 9.47 Å². The number of nitrogens with zero attached hydrogens (tertiary/aromatic N) is 3. The summed E-state index contributed by atoms with van der Waals surface area (Å²) in [6, 6.07) is 22.9. The van der Waals surface area contributed by atoms with Crippen molar-refractivity contribution < 1.29 is 19.3 Å². The third kappa shape index (κ3) is 3.71. The van der Waals surface area contributed by atoms with E-state index >= 15 is 0 Å². The quantitative estimate of drug-likeness (QED) is 0.177. The van der Waals surface area contributed by atoms with Gasteiger partial charge < -0.3 is 4.57 Å². The van der Waals surface area contributed by atoms with Crippen molar-refractivity contribution in [3.63, 3.8) is 0 Å². The number of hydrogen-bond acceptors (Lipinski definition) is 5. The van der Waals surface area contributed by atoms with Crippen LogP contribution < -0.4 is 0 Å². The zero-order chi connectivity index (χ0) is 24.7. The number of benzene rings is 3. The van der Waals surface area contributed by atoms with Crippen LogP contribution >= 0.6 is 0 Å². The van der Waals surface area contributed by atoms with Crippen LogP contribution in [-0.4, -0.2) is 32.0 Å². The maximum Gasteiger partial charge on any atom is 0.270 e. The molecule has 1 aromatic heterocycles. The number of aryl methyl sites for hydroxylation is 1. The molecule has 0 aliphatic carbocycles. The number of carbonyl (C=O) groups excluding carboxylic acids is 3. The van der Waals surface area contributed by atoms with Crippen LogP contribution in [0.15, 0.2) is 84.9 Å². The van der Waals surface area contributed by atoms with E-state index in [1.54, 1.807) is 65.2 Å². The molecule has 0 atom stereocenters. The Labute approximate surface area is 200 Å². The number of carbonyl (C=O) groups is 3. The van der Waals surface area contributed by atoms with E-state index in [2.05, 4.69) is 0 Å². The number of nitro benzene ring substituents is 1. The Morgan fingerprint density at radius 1 is 0.857 bits per heavy atom. The third-order valence-electron chi connectivity index (χ3n) is 6.07. The molecule has 2 amide bonds. The average molecular weight is 465 g/mol. The molecule has 8 heteroatoms. The van der Waals surface area contributed by atoms with Gasteiger partial charge in [-0.2, -0.15) is 0 Å². The lowest BCUT2D eigenvalue weighted by atomic mass is 10.0. The number of rotatable bonds is 6. The topological polar surface area (TPSA) is 103 Å². The Morgan fingerprint density at radius 2 is 1.49 bits per heavy atom. The van der Waals surface area contributed by atoms with Crippen molar-refractivity contribution in [2.45, 2.75) is 13.5 Å². The molecule has 0 spiro atoms. The summed E-state index contributed by atoms with van der Waals surface area (Å²) in [4.78, 5) is 51.3. The summed E-state index contributed by atoms with van der Waals surface area (Å²) in [5, 5.41) is 11.5. The van der Waals surface area contributed by atoms with Gasteiger partial charge in [0.1, 0.15) is 0 Å². The highest BCUT2D eigenvalue weighted by atomic mass is 16.6. The van der Waals surface area contributed by atoms with Crippen LogP contribution in [0.3, 0.4) is 0 Å². The van der Waals surface area contributed by atoms with Crippen molar-refractivity contribution in [2.75, 3.05) is 0 Å². The van der Waals surface area contributed by atoms with Crippen molar-refractivity contribution in [3.8, 4) is 5.69 Å². The van der Waals surface area contributed by atoms with E-state index in [-0.39, 0.29) is 35.4 Å². The summed E-state index contributed by atoms with van der Waals surface area (Å²) in [6.45, 7) is 1.81. The Hall–Kier alpha value is -4.85. The van der Waals surface area contributed by atoms with Crippen LogP contribution in [0.2, 0.25) is 0 Å². The maximum atomic E-state index is 13.4. The predicted octanol–water partition coefficient (Wildman–Crippen LogP) is 4.72. The van der Waals surface area contributed by atoms with Gasteiger partial charge in [0.05, 0.1) is 33.8 Å². The molecule has 0 radical (unpaired) electrons. The van der Waals surface area contributed by atoms with Gasteiger partial charge in [0.2, 0.25) is 0 Å². The number of non-ortho nitro benzene ring substituents is 1. The van der Waals surface area contributed by atoms with Crippen LogP contribution in [0.1, 0.15) is 48.0 Å². The first-order valence-corrected chi connectivity index (χ1v) is 10.9. The van der Waals surface area contributed by atoms with Gasteiger partial charge in [-0.3, -0.25) is 29.4 Å². The van der Waals surface area contributed by atoms with Crippen LogP contribution in [0.4, 0.5) is 5.69 Å². The highest BCUT2D eigenvalue weighted by Gasteiger charge is 2.35. The first kappa shape index (κ1) is 22.0. The fourth-order valence-electron chi connectivity index (χ4n) is 4.36. The lowest BCUT2D eigenvalue weighted by Gasteiger charge is -2.19. The summed E-state index contributed by atoms with van der Waals surface area (Å²) in [5.41, 5.74) is 2.79. The number of nitro groups is 1. The number of fused-ring (bicyclic) bond motifs is 1. The first-order chi connectivity index (χ1) is 16.9. The van der Waals surface area contributed by atoms with Gasteiger partial charge in [-0.25, -0.2) is 0 Å². The summed E-state index contributed by atoms with van der Waals surface area (Å²) in [5.74, 6) is -1.15. The zero-order valence-corrected chi connectivity index (χ0v) is 18.7. The van der Waals surface area contributed by atoms with Gasteiger partial charge in [-0.15, -0.1) is 0 Å². The van der Waals surface area contributed by atoms with Crippen LogP contribution in [-0.2, 0) is 6.54 Å². The van der Waals surface area contributed by atoms with E-state index in [0.29, 0.717) is 28.1 Å². The van der Waals surface area contributed by atoms with E-state index in [9.17, 15) is 24.5 Å². The Balaban J connectivity index is 1.60. The molecule has 0 bridgehead atoms. The second kappa shape index (κ2) is 8.49. The summed E-state index contributed by atoms with van der Waals surface area (Å²) in [6.07, 6.45) is 0. The van der Waals surface area contributed by atoms with Gasteiger partial charge >= 0.3 is 0 Å². The number of ketones is 1. The second-order valence-electron chi connectivity index (χ2n) is 8.20. The lowest BCUT2D eigenvalue weighted by Crippen LogP contribution is -2.30. The van der Waals surface area contributed by atoms with Crippen LogP contribution in [0.25, 0.3) is 5.69 Å². The summed E-state index contributed by atoms with van der Waals surface area (Å²) < 4.78 is 1.75. The smallest absolute Gasteiger partial charge is 0.270 e. The number of aromatic nitrogens is 1. The van der Waals surface area contributed by atoms with Gasteiger partial charge in [-0.05, 0) is 37.3 Å². The molecule has 3 aromatic carbocycles. The second-order valence-corrected chi connectivity index (χ2v) is 8.20. The van der Waals surface area contributed by atoms with Crippen molar-refractivity contribution in [1.29, 1.82) is 0 Å². The minimum Gasteiger partial charge on any atom is -0.316 e. The zero-order valence-electron chi connectivity index (χ0n) is 18.7. The minimum atomic E-state index is -0.548. The van der Waals surface area contributed by atoms with Crippen LogP contribution in [0, 0.1) is 17.0 Å². The predicted molar refractivity (Wildman–Crippen MR) is 128 cm³/mol. The minimum absolute atomic E-state index is 0.0177.